The van der Waals surface area contributed by atoms with Gasteiger partial charge in [0, 0.05) is 52.2 Å². The van der Waals surface area contributed by atoms with Crippen molar-refractivity contribution in [3.63, 3.8) is 0 Å². The lowest BCUT2D eigenvalue weighted by molar-refractivity contribution is -0.127. The molecule has 2 saturated heterocycles. The van der Waals surface area contributed by atoms with Gasteiger partial charge in [0.1, 0.15) is 0 Å². The van der Waals surface area contributed by atoms with Crippen LogP contribution in [0.2, 0.25) is 0 Å². The van der Waals surface area contributed by atoms with Crippen molar-refractivity contribution in [1.82, 2.24) is 20.0 Å². The van der Waals surface area contributed by atoms with Crippen LogP contribution in [0.1, 0.15) is 31.2 Å². The molecule has 3 amide bonds. The van der Waals surface area contributed by atoms with Gasteiger partial charge < -0.3 is 20.0 Å². The zero-order chi connectivity index (χ0) is 19.9. The Kier molecular flexibility index (Phi) is 7.31. The number of benzene rings is 1. The molecule has 0 radical (unpaired) electrons. The fourth-order valence-corrected chi connectivity index (χ4v) is 4.24. The molecule has 0 bridgehead atoms. The highest BCUT2D eigenvalue weighted by molar-refractivity contribution is 5.80. The van der Waals surface area contributed by atoms with E-state index in [0.717, 1.165) is 51.7 Å². The maximum absolute atomic E-state index is 12.7. The number of nitrogens with one attached hydrogen (secondary N) is 1. The Labute approximate surface area is 168 Å². The molecule has 0 aromatic heterocycles. The summed E-state index contributed by atoms with van der Waals surface area (Å²) in [4.78, 5) is 30.7. The lowest BCUT2D eigenvalue weighted by Gasteiger charge is -2.36. The zero-order valence-electron chi connectivity index (χ0n) is 17.3. The van der Waals surface area contributed by atoms with Crippen LogP contribution in [0, 0.1) is 5.92 Å². The van der Waals surface area contributed by atoms with Crippen LogP contribution in [0.5, 0.6) is 0 Å². The minimum atomic E-state index is 0.0332. The van der Waals surface area contributed by atoms with E-state index in [1.54, 1.807) is 19.0 Å². The molecule has 2 aliphatic rings. The number of rotatable bonds is 5. The Morgan fingerprint density at radius 3 is 2.46 bits per heavy atom. The monoisotopic (exact) mass is 386 g/mol. The topological polar surface area (TPSA) is 55.9 Å². The van der Waals surface area contributed by atoms with Crippen molar-refractivity contribution in [3.05, 3.63) is 35.9 Å². The van der Waals surface area contributed by atoms with E-state index >= 15 is 0 Å². The standard InChI is InChI=1S/C22H34N4O2/c1-24(2)22(28)26-15-11-19(12-16-26)21(27)23-20-9-6-13-25(17-20)14-10-18-7-4-3-5-8-18/h3-5,7-8,19-20H,6,9-17H2,1-2H3,(H,23,27). The molecule has 1 atom stereocenters. The van der Waals surface area contributed by atoms with Crippen LogP contribution in [0.3, 0.4) is 0 Å². The summed E-state index contributed by atoms with van der Waals surface area (Å²) >= 11 is 0. The minimum absolute atomic E-state index is 0.0332. The second-order valence-electron chi connectivity index (χ2n) is 8.32. The summed E-state index contributed by atoms with van der Waals surface area (Å²) in [5.41, 5.74) is 1.37. The van der Waals surface area contributed by atoms with Crippen molar-refractivity contribution in [2.24, 2.45) is 5.92 Å². The third-order valence-corrected chi connectivity index (χ3v) is 5.93. The van der Waals surface area contributed by atoms with Crippen LogP contribution in [-0.2, 0) is 11.2 Å². The molecule has 1 N–H and O–H groups in total. The molecule has 2 heterocycles. The smallest absolute Gasteiger partial charge is 0.319 e. The lowest BCUT2D eigenvalue weighted by atomic mass is 9.95. The number of amides is 3. The van der Waals surface area contributed by atoms with Crippen LogP contribution >= 0.6 is 0 Å². The van der Waals surface area contributed by atoms with Crippen LogP contribution in [-0.4, -0.2) is 79.5 Å². The van der Waals surface area contributed by atoms with Gasteiger partial charge in [0.05, 0.1) is 0 Å². The molecule has 28 heavy (non-hydrogen) atoms. The Hall–Kier alpha value is -2.08. The third-order valence-electron chi connectivity index (χ3n) is 5.93. The summed E-state index contributed by atoms with van der Waals surface area (Å²) in [6.07, 6.45) is 4.77. The molecule has 2 fully saturated rings. The quantitative estimate of drug-likeness (QED) is 0.844. The highest BCUT2D eigenvalue weighted by Gasteiger charge is 2.30. The van der Waals surface area contributed by atoms with E-state index < -0.39 is 0 Å². The number of hydrogen-bond donors (Lipinski definition) is 1. The Balaban J connectivity index is 1.41. The van der Waals surface area contributed by atoms with Gasteiger partial charge in [0.2, 0.25) is 5.91 Å². The van der Waals surface area contributed by atoms with E-state index in [-0.39, 0.29) is 23.9 Å². The van der Waals surface area contributed by atoms with Gasteiger partial charge in [-0.25, -0.2) is 4.79 Å². The number of piperidine rings is 2. The first-order valence-electron chi connectivity index (χ1n) is 10.6. The second-order valence-corrected chi connectivity index (χ2v) is 8.32. The van der Waals surface area contributed by atoms with Gasteiger partial charge in [-0.3, -0.25) is 4.79 Å². The van der Waals surface area contributed by atoms with Crippen LogP contribution in [0.25, 0.3) is 0 Å². The minimum Gasteiger partial charge on any atom is -0.352 e. The van der Waals surface area contributed by atoms with Crippen molar-refractivity contribution < 1.29 is 9.59 Å². The summed E-state index contributed by atoms with van der Waals surface area (Å²) in [7, 11) is 3.54. The van der Waals surface area contributed by atoms with Crippen molar-refractivity contribution >= 4 is 11.9 Å². The molecule has 0 saturated carbocycles. The molecule has 6 nitrogen and oxygen atoms in total. The fourth-order valence-electron chi connectivity index (χ4n) is 4.24. The number of urea groups is 1. The Morgan fingerprint density at radius 2 is 1.79 bits per heavy atom. The zero-order valence-corrected chi connectivity index (χ0v) is 17.3. The van der Waals surface area contributed by atoms with E-state index in [1.165, 1.54) is 5.56 Å². The summed E-state index contributed by atoms with van der Waals surface area (Å²) in [5.74, 6) is 0.206. The van der Waals surface area contributed by atoms with Crippen LogP contribution < -0.4 is 5.32 Å². The fraction of sp³-hybridized carbons (Fsp3) is 0.636. The van der Waals surface area contributed by atoms with Crippen LogP contribution in [0.4, 0.5) is 4.79 Å². The van der Waals surface area contributed by atoms with E-state index in [4.69, 9.17) is 0 Å². The summed E-state index contributed by atoms with van der Waals surface area (Å²) in [5, 5.41) is 3.29. The van der Waals surface area contributed by atoms with E-state index in [0.29, 0.717) is 13.1 Å². The molecule has 3 rings (SSSR count). The summed E-state index contributed by atoms with van der Waals surface area (Å²) in [6.45, 7) is 4.44. The van der Waals surface area contributed by atoms with Gasteiger partial charge in [-0.05, 0) is 44.2 Å². The lowest BCUT2D eigenvalue weighted by Crippen LogP contribution is -2.51. The molecular formula is C22H34N4O2. The van der Waals surface area contributed by atoms with Gasteiger partial charge in [0.15, 0.2) is 0 Å². The third kappa shape index (κ3) is 5.71. The van der Waals surface area contributed by atoms with Crippen LogP contribution in [0.15, 0.2) is 30.3 Å². The Bertz CT molecular complexity index is 641. The van der Waals surface area contributed by atoms with Gasteiger partial charge in [-0.1, -0.05) is 30.3 Å². The van der Waals surface area contributed by atoms with E-state index in [9.17, 15) is 9.59 Å². The second kappa shape index (κ2) is 9.92. The first-order chi connectivity index (χ1) is 13.5. The van der Waals surface area contributed by atoms with E-state index in [1.807, 2.05) is 4.90 Å². The molecule has 154 valence electrons. The van der Waals surface area contributed by atoms with Gasteiger partial charge >= 0.3 is 6.03 Å². The average Bonchev–Trinajstić information content (AvgIpc) is 2.73. The van der Waals surface area contributed by atoms with Gasteiger partial charge in [-0.15, -0.1) is 0 Å². The highest BCUT2D eigenvalue weighted by atomic mass is 16.2. The SMILES string of the molecule is CN(C)C(=O)N1CCC(C(=O)NC2CCCN(CCc3ccccc3)C2)CC1. The molecule has 1 unspecified atom stereocenters. The first-order valence-corrected chi connectivity index (χ1v) is 10.6. The number of carbonyl (C=O) groups is 2. The Morgan fingerprint density at radius 1 is 1.07 bits per heavy atom. The number of hydrogen-bond acceptors (Lipinski definition) is 3. The molecule has 2 aliphatic heterocycles. The molecular weight excluding hydrogens is 352 g/mol. The van der Waals surface area contributed by atoms with Crippen molar-refractivity contribution in [1.29, 1.82) is 0 Å². The maximum Gasteiger partial charge on any atom is 0.319 e. The molecule has 0 aliphatic carbocycles. The average molecular weight is 387 g/mol. The predicted molar refractivity (Wildman–Crippen MR) is 111 cm³/mol. The maximum atomic E-state index is 12.7. The summed E-state index contributed by atoms with van der Waals surface area (Å²) in [6, 6.07) is 10.9. The van der Waals surface area contributed by atoms with Gasteiger partial charge in [0.25, 0.3) is 0 Å². The number of likely N-dealkylation sites (tertiary alicyclic amines) is 2. The van der Waals surface area contributed by atoms with Crippen molar-refractivity contribution in [2.45, 2.75) is 38.1 Å². The van der Waals surface area contributed by atoms with Crippen molar-refractivity contribution in [2.75, 3.05) is 46.8 Å². The molecule has 1 aromatic rings. The highest BCUT2D eigenvalue weighted by Crippen LogP contribution is 2.19. The molecule has 0 spiro atoms. The first kappa shape index (κ1) is 20.6. The molecule has 1 aromatic carbocycles. The number of carbonyl (C=O) groups excluding carboxylic acids is 2. The van der Waals surface area contributed by atoms with Crippen molar-refractivity contribution in [3.8, 4) is 0 Å². The largest absolute Gasteiger partial charge is 0.352 e. The normalized spacial score (nSPS) is 21.4. The van der Waals surface area contributed by atoms with E-state index in [2.05, 4.69) is 40.5 Å². The molecule has 6 heteroatoms. The van der Waals surface area contributed by atoms with Gasteiger partial charge in [-0.2, -0.15) is 0 Å². The predicted octanol–water partition coefficient (Wildman–Crippen LogP) is 2.20. The summed E-state index contributed by atoms with van der Waals surface area (Å²) < 4.78 is 0. The number of nitrogens with zero attached hydrogens (tertiary/aromatic N) is 3.